The fourth-order valence-corrected chi connectivity index (χ4v) is 1.36. The van der Waals surface area contributed by atoms with Gasteiger partial charge in [0.2, 0.25) is 0 Å². The molecule has 0 saturated carbocycles. The summed E-state index contributed by atoms with van der Waals surface area (Å²) >= 11 is 1.58. The van der Waals surface area contributed by atoms with Gasteiger partial charge in [-0.05, 0) is 20.1 Å². The van der Waals surface area contributed by atoms with E-state index in [-0.39, 0.29) is 6.29 Å². The van der Waals surface area contributed by atoms with Crippen molar-refractivity contribution in [1.29, 1.82) is 0 Å². The first-order valence-electron chi connectivity index (χ1n) is 4.76. The first-order valence-corrected chi connectivity index (χ1v) is 5.98. The van der Waals surface area contributed by atoms with Gasteiger partial charge in [-0.3, -0.25) is 4.99 Å². The highest BCUT2D eigenvalue weighted by atomic mass is 32.2. The Morgan fingerprint density at radius 1 is 1.36 bits per heavy atom. The Labute approximate surface area is 90.5 Å². The minimum absolute atomic E-state index is 0.186. The van der Waals surface area contributed by atoms with Crippen LogP contribution in [0.15, 0.2) is 4.99 Å². The van der Waals surface area contributed by atoms with Crippen LogP contribution >= 0.6 is 11.8 Å². The number of nitrogens with zero attached hydrogens (tertiary/aromatic N) is 1. The molecule has 0 aliphatic rings. The lowest BCUT2D eigenvalue weighted by atomic mass is 10.6. The van der Waals surface area contributed by atoms with E-state index in [0.717, 1.165) is 5.17 Å². The zero-order chi connectivity index (χ0) is 10.8. The number of hydrogen-bond donors (Lipinski definition) is 1. The van der Waals surface area contributed by atoms with Crippen molar-refractivity contribution in [3.8, 4) is 0 Å². The second-order valence-electron chi connectivity index (χ2n) is 2.45. The van der Waals surface area contributed by atoms with Gasteiger partial charge in [-0.25, -0.2) is 0 Å². The molecule has 14 heavy (non-hydrogen) atoms. The summed E-state index contributed by atoms with van der Waals surface area (Å²) in [5, 5.41) is 4.05. The van der Waals surface area contributed by atoms with Crippen LogP contribution in [0.25, 0.3) is 0 Å². The Balaban J connectivity index is 3.79. The minimum Gasteiger partial charge on any atom is -0.360 e. The maximum absolute atomic E-state index is 5.37. The Morgan fingerprint density at radius 2 is 1.93 bits per heavy atom. The number of nitrogens with one attached hydrogen (secondary N) is 1. The van der Waals surface area contributed by atoms with E-state index in [1.54, 1.807) is 18.8 Å². The predicted octanol–water partition coefficient (Wildman–Crippen LogP) is 1.32. The lowest BCUT2D eigenvalue weighted by Crippen LogP contribution is -2.34. The molecule has 0 fully saturated rings. The lowest BCUT2D eigenvalue weighted by molar-refractivity contribution is -0.130. The third-order valence-electron chi connectivity index (χ3n) is 1.52. The molecule has 0 atom stereocenters. The highest BCUT2D eigenvalue weighted by Gasteiger charge is 2.07. The van der Waals surface area contributed by atoms with E-state index < -0.39 is 0 Å². The van der Waals surface area contributed by atoms with Crippen molar-refractivity contribution < 1.29 is 9.47 Å². The first kappa shape index (κ1) is 13.7. The summed E-state index contributed by atoms with van der Waals surface area (Å²) in [6.45, 7) is 5.86. The highest BCUT2D eigenvalue weighted by Crippen LogP contribution is 1.97. The van der Waals surface area contributed by atoms with Gasteiger partial charge in [-0.1, -0.05) is 11.8 Å². The standard InChI is InChI=1S/C9H20N2O2S/c1-5-12-8(13-6-2)7-11-9(10-3)14-4/h8H,5-7H2,1-4H3,(H,10,11). The van der Waals surface area contributed by atoms with Crippen molar-refractivity contribution in [2.75, 3.05) is 33.1 Å². The van der Waals surface area contributed by atoms with E-state index in [9.17, 15) is 0 Å². The summed E-state index contributed by atoms with van der Waals surface area (Å²) in [5.74, 6) is 0. The van der Waals surface area contributed by atoms with Crippen LogP contribution in [0, 0.1) is 0 Å². The largest absolute Gasteiger partial charge is 0.360 e. The average molecular weight is 220 g/mol. The van der Waals surface area contributed by atoms with Gasteiger partial charge in [0, 0.05) is 20.3 Å². The second-order valence-corrected chi connectivity index (χ2v) is 3.25. The van der Waals surface area contributed by atoms with Crippen LogP contribution < -0.4 is 5.32 Å². The number of ether oxygens (including phenoxy) is 2. The third-order valence-corrected chi connectivity index (χ3v) is 2.24. The van der Waals surface area contributed by atoms with Crippen molar-refractivity contribution in [3.05, 3.63) is 0 Å². The SMILES string of the molecule is CCOC(CNC(=NC)SC)OCC. The molecule has 0 aromatic heterocycles. The third kappa shape index (κ3) is 6.23. The van der Waals surface area contributed by atoms with Crippen LogP contribution in [0.5, 0.6) is 0 Å². The van der Waals surface area contributed by atoms with Crippen molar-refractivity contribution in [2.45, 2.75) is 20.1 Å². The zero-order valence-corrected chi connectivity index (χ0v) is 10.2. The maximum Gasteiger partial charge on any atom is 0.174 e. The number of thioether (sulfide) groups is 1. The molecule has 0 heterocycles. The summed E-state index contributed by atoms with van der Waals surface area (Å²) in [7, 11) is 1.76. The van der Waals surface area contributed by atoms with Crippen LogP contribution in [-0.2, 0) is 9.47 Å². The van der Waals surface area contributed by atoms with E-state index in [1.165, 1.54) is 0 Å². The average Bonchev–Trinajstić information content (AvgIpc) is 2.20. The summed E-state index contributed by atoms with van der Waals surface area (Å²) in [4.78, 5) is 4.06. The van der Waals surface area contributed by atoms with E-state index in [2.05, 4.69) is 10.3 Å². The van der Waals surface area contributed by atoms with Gasteiger partial charge in [-0.15, -0.1) is 0 Å². The van der Waals surface area contributed by atoms with Gasteiger partial charge in [0.15, 0.2) is 11.5 Å². The second kappa shape index (κ2) is 9.30. The molecule has 0 rings (SSSR count). The Kier molecular flexibility index (Phi) is 9.13. The molecule has 0 bridgehead atoms. The molecule has 0 amide bonds. The van der Waals surface area contributed by atoms with E-state index in [4.69, 9.17) is 9.47 Å². The Bertz CT molecular complexity index is 159. The summed E-state index contributed by atoms with van der Waals surface area (Å²) in [6, 6.07) is 0. The van der Waals surface area contributed by atoms with Gasteiger partial charge >= 0.3 is 0 Å². The molecule has 0 aliphatic heterocycles. The number of amidine groups is 1. The monoisotopic (exact) mass is 220 g/mol. The van der Waals surface area contributed by atoms with E-state index in [0.29, 0.717) is 19.8 Å². The molecule has 0 saturated heterocycles. The molecule has 0 aliphatic carbocycles. The molecule has 1 N–H and O–H groups in total. The van der Waals surface area contributed by atoms with Crippen LogP contribution in [0.2, 0.25) is 0 Å². The fraction of sp³-hybridized carbons (Fsp3) is 0.889. The van der Waals surface area contributed by atoms with Gasteiger partial charge in [0.1, 0.15) is 0 Å². The molecule has 5 heteroatoms. The van der Waals surface area contributed by atoms with Crippen molar-refractivity contribution >= 4 is 16.9 Å². The topological polar surface area (TPSA) is 42.8 Å². The van der Waals surface area contributed by atoms with Gasteiger partial charge in [0.25, 0.3) is 0 Å². The molecular formula is C9H20N2O2S. The van der Waals surface area contributed by atoms with Gasteiger partial charge in [0.05, 0.1) is 6.54 Å². The zero-order valence-electron chi connectivity index (χ0n) is 9.37. The van der Waals surface area contributed by atoms with Crippen LogP contribution in [-0.4, -0.2) is 44.5 Å². The molecule has 0 spiro atoms. The van der Waals surface area contributed by atoms with E-state index >= 15 is 0 Å². The van der Waals surface area contributed by atoms with Crippen molar-refractivity contribution in [3.63, 3.8) is 0 Å². The molecule has 84 valence electrons. The molecule has 0 unspecified atom stereocenters. The minimum atomic E-state index is -0.186. The predicted molar refractivity (Wildman–Crippen MR) is 61.9 cm³/mol. The van der Waals surface area contributed by atoms with Gasteiger partial charge < -0.3 is 14.8 Å². The molecule has 0 radical (unpaired) electrons. The van der Waals surface area contributed by atoms with Crippen LogP contribution in [0.4, 0.5) is 0 Å². The number of aliphatic imine (C=N–C) groups is 1. The molecule has 0 aromatic rings. The van der Waals surface area contributed by atoms with Gasteiger partial charge in [-0.2, -0.15) is 0 Å². The summed E-state index contributed by atoms with van der Waals surface area (Å²) in [6.07, 6.45) is 1.79. The molecule has 4 nitrogen and oxygen atoms in total. The van der Waals surface area contributed by atoms with Crippen LogP contribution in [0.1, 0.15) is 13.8 Å². The Hall–Kier alpha value is -0.260. The maximum atomic E-state index is 5.37. The van der Waals surface area contributed by atoms with E-state index in [1.807, 2.05) is 20.1 Å². The molecular weight excluding hydrogens is 200 g/mol. The normalized spacial score (nSPS) is 12.2. The summed E-state index contributed by atoms with van der Waals surface area (Å²) in [5.41, 5.74) is 0. The first-order chi connectivity index (χ1) is 6.78. The lowest BCUT2D eigenvalue weighted by Gasteiger charge is -2.17. The van der Waals surface area contributed by atoms with Crippen molar-refractivity contribution in [1.82, 2.24) is 5.32 Å². The Morgan fingerprint density at radius 3 is 2.29 bits per heavy atom. The molecule has 0 aromatic carbocycles. The number of hydrogen-bond acceptors (Lipinski definition) is 4. The summed E-state index contributed by atoms with van der Waals surface area (Å²) < 4.78 is 10.7. The smallest absolute Gasteiger partial charge is 0.174 e. The van der Waals surface area contributed by atoms with Crippen LogP contribution in [0.3, 0.4) is 0 Å². The quantitative estimate of drug-likeness (QED) is 0.416. The number of rotatable bonds is 6. The van der Waals surface area contributed by atoms with Crippen molar-refractivity contribution in [2.24, 2.45) is 4.99 Å². The fourth-order valence-electron chi connectivity index (χ4n) is 0.951. The highest BCUT2D eigenvalue weighted by molar-refractivity contribution is 8.13.